The first-order valence-corrected chi connectivity index (χ1v) is 14.3. The zero-order valence-electron chi connectivity index (χ0n) is 19.4. The third kappa shape index (κ3) is 8.38. The molecule has 0 N–H and O–H groups in total. The van der Waals surface area contributed by atoms with Crippen LogP contribution in [0.15, 0.2) is 59.5 Å². The van der Waals surface area contributed by atoms with Crippen molar-refractivity contribution in [1.29, 1.82) is 0 Å². The van der Waals surface area contributed by atoms with E-state index < -0.39 is 35.8 Å². The van der Waals surface area contributed by atoms with Gasteiger partial charge >= 0.3 is 5.97 Å². The van der Waals surface area contributed by atoms with Gasteiger partial charge in [-0.1, -0.05) is 48.0 Å². The molecule has 0 aliphatic heterocycles. The van der Waals surface area contributed by atoms with E-state index in [-0.39, 0.29) is 24.3 Å². The summed E-state index contributed by atoms with van der Waals surface area (Å²) in [4.78, 5) is 12.9. The molecule has 2 unspecified atom stereocenters. The van der Waals surface area contributed by atoms with Crippen LogP contribution in [0.1, 0.15) is 37.8 Å². The molecule has 0 radical (unpaired) electrons. The number of rotatable bonds is 14. The monoisotopic (exact) mass is 496 g/mol. The van der Waals surface area contributed by atoms with Crippen molar-refractivity contribution in [3.8, 4) is 0 Å². The first-order valence-electron chi connectivity index (χ1n) is 11.1. The van der Waals surface area contributed by atoms with Crippen LogP contribution in [0, 0.1) is 6.92 Å². The third-order valence-electron chi connectivity index (χ3n) is 5.12. The molecule has 0 aliphatic rings. The van der Waals surface area contributed by atoms with Gasteiger partial charge in [-0.25, -0.2) is 4.79 Å². The Labute approximate surface area is 197 Å². The number of esters is 1. The van der Waals surface area contributed by atoms with Crippen molar-refractivity contribution in [3.63, 3.8) is 0 Å². The lowest BCUT2D eigenvalue weighted by Crippen LogP contribution is -2.46. The largest absolute Gasteiger partial charge is 0.464 e. The van der Waals surface area contributed by atoms with Gasteiger partial charge in [-0.2, -0.15) is 8.42 Å². The first kappa shape index (κ1) is 27.3. The van der Waals surface area contributed by atoms with Crippen molar-refractivity contribution in [3.05, 3.63) is 65.7 Å². The summed E-state index contributed by atoms with van der Waals surface area (Å²) in [5, 5.41) is 0. The zero-order chi connectivity index (χ0) is 24.3. The number of aryl methyl sites for hydroxylation is 2. The van der Waals surface area contributed by atoms with Gasteiger partial charge < -0.3 is 14.0 Å². The van der Waals surface area contributed by atoms with Crippen LogP contribution in [0.5, 0.6) is 0 Å². The molecule has 2 rings (SSSR count). The minimum absolute atomic E-state index is 0.00720. The van der Waals surface area contributed by atoms with E-state index in [0.29, 0.717) is 19.3 Å². The molecule has 0 saturated carbocycles. The fraction of sp³-hybridized carbons (Fsp3) is 0.458. The average Bonchev–Trinajstić information content (AvgIpc) is 2.79. The topological polar surface area (TPSA) is 96.0 Å². The Morgan fingerprint density at radius 3 is 2.27 bits per heavy atom. The lowest BCUT2D eigenvalue weighted by Gasteiger charge is -2.31. The predicted octanol–water partition coefficient (Wildman–Crippen LogP) is 4.58. The molecule has 2 atom stereocenters. The molecule has 7 nitrogen and oxygen atoms in total. The second-order valence-corrected chi connectivity index (χ2v) is 11.1. The molecule has 182 valence electrons. The Bertz CT molecular complexity index is 1010. The van der Waals surface area contributed by atoms with Gasteiger partial charge in [-0.3, -0.25) is 4.18 Å². The molecule has 0 amide bonds. The molecule has 0 fully saturated rings. The Kier molecular flexibility index (Phi) is 10.8. The number of carbonyl (C=O) groups excluding carboxylic acids is 1. The fourth-order valence-electron chi connectivity index (χ4n) is 3.49. The summed E-state index contributed by atoms with van der Waals surface area (Å²) >= 11 is 0. The van der Waals surface area contributed by atoms with E-state index in [1.807, 2.05) is 37.3 Å². The van der Waals surface area contributed by atoms with Crippen LogP contribution in [0.4, 0.5) is 0 Å². The van der Waals surface area contributed by atoms with Crippen molar-refractivity contribution in [2.45, 2.75) is 50.5 Å². The molecule has 2 aromatic rings. The van der Waals surface area contributed by atoms with E-state index in [1.54, 1.807) is 26.0 Å². The van der Waals surface area contributed by atoms with Crippen LogP contribution in [0.25, 0.3) is 0 Å². The smallest absolute Gasteiger partial charge is 0.338 e. The summed E-state index contributed by atoms with van der Waals surface area (Å²) in [5.41, 5.74) is 0.618. The molecule has 0 spiro atoms. The van der Waals surface area contributed by atoms with Crippen LogP contribution in [0.2, 0.25) is 0 Å². The molecular formula is C24H33O7PS. The van der Waals surface area contributed by atoms with Crippen LogP contribution in [-0.2, 0) is 39.6 Å². The third-order valence-corrected chi connectivity index (χ3v) is 8.04. The fourth-order valence-corrected chi connectivity index (χ4v) is 6.41. The van der Waals surface area contributed by atoms with Crippen LogP contribution < -0.4 is 0 Å². The Hall–Kier alpha value is -1.99. The first-order chi connectivity index (χ1) is 15.7. The number of hydrogen-bond acceptors (Lipinski definition) is 7. The van der Waals surface area contributed by atoms with Crippen LogP contribution in [0.3, 0.4) is 0 Å². The number of hydrogen-bond donors (Lipinski definition) is 0. The van der Waals surface area contributed by atoms with E-state index in [9.17, 15) is 17.8 Å². The Morgan fingerprint density at radius 1 is 1.00 bits per heavy atom. The highest BCUT2D eigenvalue weighted by atomic mass is 32.2. The second kappa shape index (κ2) is 13.0. The van der Waals surface area contributed by atoms with Crippen LogP contribution >= 0.6 is 7.80 Å². The SMILES string of the molecule is CCOC(=O)C(CCCc1ccccc1)(C[PH](=O)COS(=O)(=O)c1ccc(C)cc1)OCC. The molecule has 33 heavy (non-hydrogen) atoms. The highest BCUT2D eigenvalue weighted by molar-refractivity contribution is 7.87. The van der Waals surface area contributed by atoms with E-state index in [0.717, 1.165) is 11.1 Å². The molecule has 0 aliphatic carbocycles. The van der Waals surface area contributed by atoms with E-state index in [4.69, 9.17) is 13.7 Å². The maximum atomic E-state index is 12.9. The average molecular weight is 497 g/mol. The number of carbonyl (C=O) groups is 1. The molecule has 0 bridgehead atoms. The summed E-state index contributed by atoms with van der Waals surface area (Å²) in [6.45, 7) is 5.67. The lowest BCUT2D eigenvalue weighted by molar-refractivity contribution is -0.170. The van der Waals surface area contributed by atoms with Gasteiger partial charge in [0.2, 0.25) is 0 Å². The maximum Gasteiger partial charge on any atom is 0.338 e. The summed E-state index contributed by atoms with van der Waals surface area (Å²) in [6, 6.07) is 16.0. The number of benzene rings is 2. The van der Waals surface area contributed by atoms with Gasteiger partial charge in [0, 0.05) is 12.8 Å². The van der Waals surface area contributed by atoms with Crippen molar-refractivity contribution in [2.24, 2.45) is 0 Å². The molecule has 2 aromatic carbocycles. The minimum atomic E-state index is -4.05. The molecule has 0 aromatic heterocycles. The predicted molar refractivity (Wildman–Crippen MR) is 129 cm³/mol. The zero-order valence-corrected chi connectivity index (χ0v) is 21.2. The normalized spacial score (nSPS) is 14.4. The Balaban J connectivity index is 2.10. The molecule has 0 saturated heterocycles. The van der Waals surface area contributed by atoms with E-state index in [2.05, 4.69) is 0 Å². The minimum Gasteiger partial charge on any atom is -0.464 e. The molecule has 9 heteroatoms. The van der Waals surface area contributed by atoms with Gasteiger partial charge in [0.1, 0.15) is 14.1 Å². The van der Waals surface area contributed by atoms with Gasteiger partial charge in [0.15, 0.2) is 5.60 Å². The summed E-state index contributed by atoms with van der Waals surface area (Å²) < 4.78 is 53.9. The van der Waals surface area contributed by atoms with Crippen molar-refractivity contribution >= 4 is 23.9 Å². The van der Waals surface area contributed by atoms with Gasteiger partial charge in [-0.05, 0) is 57.7 Å². The summed E-state index contributed by atoms with van der Waals surface area (Å²) in [7, 11) is -6.70. The van der Waals surface area contributed by atoms with Gasteiger partial charge in [-0.15, -0.1) is 0 Å². The van der Waals surface area contributed by atoms with E-state index in [1.165, 1.54) is 12.1 Å². The highest BCUT2D eigenvalue weighted by Gasteiger charge is 2.42. The maximum absolute atomic E-state index is 12.9. The number of ether oxygens (including phenoxy) is 2. The quantitative estimate of drug-likeness (QED) is 0.215. The van der Waals surface area contributed by atoms with Gasteiger partial charge in [0.05, 0.1) is 11.5 Å². The van der Waals surface area contributed by atoms with Gasteiger partial charge in [0.25, 0.3) is 10.1 Å². The molecular weight excluding hydrogens is 463 g/mol. The Morgan fingerprint density at radius 2 is 1.67 bits per heavy atom. The van der Waals surface area contributed by atoms with Crippen molar-refractivity contribution < 1.29 is 31.4 Å². The van der Waals surface area contributed by atoms with E-state index >= 15 is 0 Å². The second-order valence-electron chi connectivity index (χ2n) is 7.73. The van der Waals surface area contributed by atoms with Crippen LogP contribution in [-0.4, -0.2) is 45.7 Å². The van der Waals surface area contributed by atoms with Crippen molar-refractivity contribution in [2.75, 3.05) is 25.7 Å². The molecule has 0 heterocycles. The standard InChI is InChI=1S/C24H33O7PS/c1-4-29-23(25)24(30-5-2,17-9-12-21-10-7-6-8-11-21)18-32(26)19-31-33(27,28)22-15-13-20(3)14-16-22/h6-8,10-11,13-16,32H,4-5,9,12,17-19H2,1-3H3. The summed E-state index contributed by atoms with van der Waals surface area (Å²) in [6.07, 6.45) is 0.973. The van der Waals surface area contributed by atoms with Crippen molar-refractivity contribution in [1.82, 2.24) is 0 Å². The lowest BCUT2D eigenvalue weighted by atomic mass is 9.96. The highest BCUT2D eigenvalue weighted by Crippen LogP contribution is 2.34. The summed E-state index contributed by atoms with van der Waals surface area (Å²) in [5.74, 6) is -0.584.